The molecule has 2 rings (SSSR count). The number of aryl methyl sites for hydroxylation is 3. The highest BCUT2D eigenvalue weighted by atomic mass is 16.2. The first-order chi connectivity index (χ1) is 9.45. The lowest BCUT2D eigenvalue weighted by Gasteiger charge is -2.15. The largest absolute Gasteiger partial charge is 0.289 e. The molecule has 0 radical (unpaired) electrons. The molecule has 0 spiro atoms. The molecule has 0 unspecified atom stereocenters. The minimum atomic E-state index is -0.699. The zero-order chi connectivity index (χ0) is 14.9. The van der Waals surface area contributed by atoms with Crippen LogP contribution in [0.1, 0.15) is 27.3 Å². The Morgan fingerprint density at radius 3 is 2.40 bits per heavy atom. The van der Waals surface area contributed by atoms with Crippen LogP contribution in [0.5, 0.6) is 0 Å². The van der Waals surface area contributed by atoms with Crippen LogP contribution in [0.2, 0.25) is 0 Å². The summed E-state index contributed by atoms with van der Waals surface area (Å²) in [5.74, 6) is 4.37. The van der Waals surface area contributed by atoms with Crippen LogP contribution in [0.4, 0.5) is 0 Å². The average molecular weight is 272 g/mol. The fourth-order valence-electron chi connectivity index (χ4n) is 2.14. The predicted molar refractivity (Wildman–Crippen MR) is 75.7 cm³/mol. The van der Waals surface area contributed by atoms with E-state index in [1.807, 2.05) is 37.5 Å². The van der Waals surface area contributed by atoms with E-state index in [0.29, 0.717) is 5.69 Å². The van der Waals surface area contributed by atoms with Gasteiger partial charge < -0.3 is 0 Å². The van der Waals surface area contributed by atoms with E-state index in [2.05, 4.69) is 5.10 Å². The lowest BCUT2D eigenvalue weighted by molar-refractivity contribution is 0.0945. The van der Waals surface area contributed by atoms with Crippen LogP contribution in [0, 0.1) is 20.8 Å². The predicted octanol–water partition coefficient (Wildman–Crippen LogP) is 0.761. The molecular weight excluding hydrogens is 256 g/mol. The average Bonchev–Trinajstić information content (AvgIpc) is 2.40. The van der Waals surface area contributed by atoms with E-state index in [-0.39, 0.29) is 5.69 Å². The van der Waals surface area contributed by atoms with Crippen molar-refractivity contribution in [2.75, 3.05) is 0 Å². The minimum absolute atomic E-state index is 0.222. The van der Waals surface area contributed by atoms with E-state index in [4.69, 9.17) is 5.84 Å². The maximum atomic E-state index is 11.8. The van der Waals surface area contributed by atoms with Gasteiger partial charge in [-0.1, -0.05) is 18.2 Å². The summed E-state index contributed by atoms with van der Waals surface area (Å²) in [6.07, 6.45) is 0. The van der Waals surface area contributed by atoms with E-state index in [9.17, 15) is 9.59 Å². The van der Waals surface area contributed by atoms with Crippen molar-refractivity contribution in [3.63, 3.8) is 0 Å². The van der Waals surface area contributed by atoms with Crippen molar-refractivity contribution in [3.8, 4) is 5.69 Å². The van der Waals surface area contributed by atoms with Gasteiger partial charge in [-0.3, -0.25) is 15.0 Å². The molecule has 0 aliphatic heterocycles. The third-order valence-corrected chi connectivity index (χ3v) is 3.10. The Hall–Kier alpha value is -2.47. The molecule has 0 saturated heterocycles. The maximum Gasteiger partial charge on any atom is 0.289 e. The Morgan fingerprint density at radius 2 is 1.85 bits per heavy atom. The number of benzene rings is 1. The van der Waals surface area contributed by atoms with Gasteiger partial charge >= 0.3 is 0 Å². The molecular formula is C14H16N4O2. The lowest BCUT2D eigenvalue weighted by Crippen LogP contribution is -2.36. The Bertz CT molecular complexity index is 714. The Kier molecular flexibility index (Phi) is 3.67. The number of nitrogens with two attached hydrogens (primary N) is 1. The van der Waals surface area contributed by atoms with Crippen LogP contribution in [-0.4, -0.2) is 15.7 Å². The number of hydrogen-bond acceptors (Lipinski definition) is 4. The lowest BCUT2D eigenvalue weighted by atomic mass is 10.1. The molecule has 1 heterocycles. The van der Waals surface area contributed by atoms with Gasteiger partial charge in [0.15, 0.2) is 5.69 Å². The second-order valence-corrected chi connectivity index (χ2v) is 4.62. The molecule has 0 bridgehead atoms. The van der Waals surface area contributed by atoms with E-state index < -0.39 is 11.3 Å². The zero-order valence-electron chi connectivity index (χ0n) is 11.6. The molecule has 20 heavy (non-hydrogen) atoms. The van der Waals surface area contributed by atoms with Crippen molar-refractivity contribution in [2.24, 2.45) is 5.84 Å². The number of rotatable bonds is 2. The number of nitrogen functional groups attached to an aromatic ring is 1. The first-order valence-corrected chi connectivity index (χ1v) is 6.14. The van der Waals surface area contributed by atoms with Crippen molar-refractivity contribution in [1.82, 2.24) is 15.2 Å². The summed E-state index contributed by atoms with van der Waals surface area (Å²) in [6, 6.07) is 7.22. The highest BCUT2D eigenvalue weighted by Gasteiger charge is 2.15. The molecule has 0 saturated carbocycles. The number of hydrazine groups is 1. The van der Waals surface area contributed by atoms with Gasteiger partial charge in [0.2, 0.25) is 5.43 Å². The fourth-order valence-corrected chi connectivity index (χ4v) is 2.14. The molecule has 6 heteroatoms. The number of hydrogen-bond donors (Lipinski definition) is 2. The first-order valence-electron chi connectivity index (χ1n) is 6.14. The number of amides is 1. The standard InChI is InChI=1S/C14H16N4O2/c1-8-5-4-6-9(2)13(8)18-10(3)7-11(19)12(17-18)14(20)16-15/h4-7H,15H2,1-3H3,(H,16,20). The summed E-state index contributed by atoms with van der Waals surface area (Å²) in [4.78, 5) is 23.4. The first kappa shape index (κ1) is 14.0. The molecule has 1 aromatic carbocycles. The van der Waals surface area contributed by atoms with Crippen LogP contribution in [0.3, 0.4) is 0 Å². The number of carbonyl (C=O) groups is 1. The van der Waals surface area contributed by atoms with Gasteiger partial charge in [-0.15, -0.1) is 0 Å². The minimum Gasteiger partial charge on any atom is -0.289 e. The highest BCUT2D eigenvalue weighted by Crippen LogP contribution is 2.18. The summed E-state index contributed by atoms with van der Waals surface area (Å²) in [6.45, 7) is 5.67. The zero-order valence-corrected chi connectivity index (χ0v) is 11.6. The molecule has 0 fully saturated rings. The normalized spacial score (nSPS) is 10.4. The fraction of sp³-hybridized carbons (Fsp3) is 0.214. The van der Waals surface area contributed by atoms with Gasteiger partial charge in [0.05, 0.1) is 5.69 Å². The van der Waals surface area contributed by atoms with Crippen molar-refractivity contribution >= 4 is 5.91 Å². The molecule has 0 atom stereocenters. The molecule has 2 aromatic rings. The Balaban J connectivity index is 2.75. The summed E-state index contributed by atoms with van der Waals surface area (Å²) >= 11 is 0. The Labute approximate surface area is 116 Å². The second-order valence-electron chi connectivity index (χ2n) is 4.62. The van der Waals surface area contributed by atoms with Crippen LogP contribution in [0.15, 0.2) is 29.1 Å². The van der Waals surface area contributed by atoms with Crippen molar-refractivity contribution in [2.45, 2.75) is 20.8 Å². The van der Waals surface area contributed by atoms with Gasteiger partial charge in [-0.05, 0) is 31.9 Å². The quantitative estimate of drug-likeness (QED) is 0.480. The van der Waals surface area contributed by atoms with Crippen LogP contribution in [-0.2, 0) is 0 Å². The molecule has 104 valence electrons. The topological polar surface area (TPSA) is 90.0 Å². The summed E-state index contributed by atoms with van der Waals surface area (Å²) in [7, 11) is 0. The third kappa shape index (κ3) is 2.33. The maximum absolute atomic E-state index is 11.8. The molecule has 6 nitrogen and oxygen atoms in total. The highest BCUT2D eigenvalue weighted by molar-refractivity contribution is 5.91. The number of aromatic nitrogens is 2. The summed E-state index contributed by atoms with van der Waals surface area (Å²) in [5, 5.41) is 4.15. The number of carbonyl (C=O) groups excluding carboxylic acids is 1. The SMILES string of the molecule is Cc1cccc(C)c1-n1nc(C(=O)NN)c(=O)cc1C. The van der Waals surface area contributed by atoms with Crippen molar-refractivity contribution in [3.05, 3.63) is 57.0 Å². The van der Waals surface area contributed by atoms with Gasteiger partial charge in [-0.2, -0.15) is 5.10 Å². The van der Waals surface area contributed by atoms with Gasteiger partial charge in [0, 0.05) is 11.8 Å². The molecule has 0 aliphatic carbocycles. The monoisotopic (exact) mass is 272 g/mol. The van der Waals surface area contributed by atoms with Gasteiger partial charge in [-0.25, -0.2) is 10.5 Å². The van der Waals surface area contributed by atoms with Gasteiger partial charge in [0.1, 0.15) is 0 Å². The van der Waals surface area contributed by atoms with E-state index in [0.717, 1.165) is 16.8 Å². The molecule has 1 aromatic heterocycles. The van der Waals surface area contributed by atoms with Crippen LogP contribution < -0.4 is 16.7 Å². The number of para-hydroxylation sites is 1. The van der Waals surface area contributed by atoms with E-state index >= 15 is 0 Å². The van der Waals surface area contributed by atoms with E-state index in [1.54, 1.807) is 11.6 Å². The number of nitrogens with zero attached hydrogens (tertiary/aromatic N) is 2. The van der Waals surface area contributed by atoms with Crippen LogP contribution >= 0.6 is 0 Å². The molecule has 1 amide bonds. The summed E-state index contributed by atoms with van der Waals surface area (Å²) < 4.78 is 1.59. The molecule has 3 N–H and O–H groups in total. The Morgan fingerprint density at radius 1 is 1.25 bits per heavy atom. The van der Waals surface area contributed by atoms with Gasteiger partial charge in [0.25, 0.3) is 5.91 Å². The second kappa shape index (κ2) is 5.26. The molecule has 0 aliphatic rings. The smallest absolute Gasteiger partial charge is 0.289 e. The third-order valence-electron chi connectivity index (χ3n) is 3.10. The summed E-state index contributed by atoms with van der Waals surface area (Å²) in [5.41, 5.74) is 4.78. The van der Waals surface area contributed by atoms with Crippen molar-refractivity contribution < 1.29 is 4.79 Å². The van der Waals surface area contributed by atoms with Crippen LogP contribution in [0.25, 0.3) is 5.69 Å². The van der Waals surface area contributed by atoms with E-state index in [1.165, 1.54) is 6.07 Å². The number of nitrogens with one attached hydrogen (secondary N) is 1. The van der Waals surface area contributed by atoms with Crippen molar-refractivity contribution in [1.29, 1.82) is 0 Å².